The van der Waals surface area contributed by atoms with Crippen LogP contribution < -0.4 is 4.74 Å². The molecule has 0 fully saturated rings. The molecular formula is C20H18FN3O6. The van der Waals surface area contributed by atoms with Gasteiger partial charge in [0.25, 0.3) is 5.91 Å². The van der Waals surface area contributed by atoms with Crippen molar-refractivity contribution < 1.29 is 29.1 Å². The average Bonchev–Trinajstić information content (AvgIpc) is 2.71. The van der Waals surface area contributed by atoms with Crippen molar-refractivity contribution in [2.45, 2.75) is 13.5 Å². The Bertz CT molecular complexity index is 1090. The van der Waals surface area contributed by atoms with E-state index in [4.69, 9.17) is 4.74 Å². The number of phenols is 1. The predicted molar refractivity (Wildman–Crippen MR) is 104 cm³/mol. The molecule has 2 aromatic rings. The SMILES string of the molecule is COc1ccc(F)c(CN(C)C(=O)/C(C#N)=C(\O)c2cc(C)c(O)c([N+](=O)[O-])c2)c1. The maximum absolute atomic E-state index is 14.0. The monoisotopic (exact) mass is 415 g/mol. The number of phenolic OH excluding ortho intramolecular Hbond substituents is 1. The Labute approximate surface area is 171 Å². The lowest BCUT2D eigenvalue weighted by Crippen LogP contribution is -2.28. The summed E-state index contributed by atoms with van der Waals surface area (Å²) in [6.45, 7) is 1.14. The van der Waals surface area contributed by atoms with Gasteiger partial charge in [-0.15, -0.1) is 0 Å². The molecule has 0 saturated heterocycles. The van der Waals surface area contributed by atoms with Crippen molar-refractivity contribution in [2.24, 2.45) is 0 Å². The van der Waals surface area contributed by atoms with Crippen molar-refractivity contribution in [3.8, 4) is 17.6 Å². The highest BCUT2D eigenvalue weighted by molar-refractivity contribution is 6.03. The number of hydrogen-bond acceptors (Lipinski definition) is 7. The van der Waals surface area contributed by atoms with Crippen LogP contribution in [0.15, 0.2) is 35.9 Å². The molecule has 156 valence electrons. The molecule has 0 atom stereocenters. The predicted octanol–water partition coefficient (Wildman–Crippen LogP) is 3.21. The Morgan fingerprint density at radius 3 is 2.60 bits per heavy atom. The Hall–Kier alpha value is -4.13. The summed E-state index contributed by atoms with van der Waals surface area (Å²) < 4.78 is 19.1. The molecule has 0 aromatic heterocycles. The quantitative estimate of drug-likeness (QED) is 0.243. The molecule has 1 amide bonds. The number of carbonyl (C=O) groups is 1. The van der Waals surface area contributed by atoms with E-state index in [1.165, 1.54) is 45.3 Å². The van der Waals surface area contributed by atoms with Crippen LogP contribution in [-0.4, -0.2) is 40.1 Å². The number of hydrogen-bond donors (Lipinski definition) is 2. The lowest BCUT2D eigenvalue weighted by atomic mass is 10.0. The van der Waals surface area contributed by atoms with E-state index >= 15 is 0 Å². The summed E-state index contributed by atoms with van der Waals surface area (Å²) in [5.74, 6) is -2.53. The molecule has 30 heavy (non-hydrogen) atoms. The summed E-state index contributed by atoms with van der Waals surface area (Å²) in [4.78, 5) is 23.9. The highest BCUT2D eigenvalue weighted by Gasteiger charge is 2.24. The van der Waals surface area contributed by atoms with Crippen molar-refractivity contribution in [3.05, 3.63) is 68.5 Å². The van der Waals surface area contributed by atoms with Crippen LogP contribution in [0.4, 0.5) is 10.1 Å². The van der Waals surface area contributed by atoms with E-state index < -0.39 is 39.4 Å². The summed E-state index contributed by atoms with van der Waals surface area (Å²) >= 11 is 0. The van der Waals surface area contributed by atoms with Crippen LogP contribution in [0.3, 0.4) is 0 Å². The second kappa shape index (κ2) is 8.91. The largest absolute Gasteiger partial charge is 0.506 e. The molecule has 0 aliphatic rings. The smallest absolute Gasteiger partial charge is 0.311 e. The van der Waals surface area contributed by atoms with Crippen molar-refractivity contribution in [2.75, 3.05) is 14.2 Å². The normalized spacial score (nSPS) is 11.3. The lowest BCUT2D eigenvalue weighted by Gasteiger charge is -2.18. The number of methoxy groups -OCH3 is 1. The lowest BCUT2D eigenvalue weighted by molar-refractivity contribution is -0.385. The first kappa shape index (κ1) is 22.2. The van der Waals surface area contributed by atoms with Crippen molar-refractivity contribution >= 4 is 17.4 Å². The number of nitro groups is 1. The van der Waals surface area contributed by atoms with Crippen molar-refractivity contribution in [1.82, 2.24) is 4.90 Å². The summed E-state index contributed by atoms with van der Waals surface area (Å²) in [5.41, 5.74) is -1.38. The van der Waals surface area contributed by atoms with Gasteiger partial charge in [0.2, 0.25) is 0 Å². The Kier molecular flexibility index (Phi) is 6.59. The number of aryl methyl sites for hydroxylation is 1. The number of halogens is 1. The maximum atomic E-state index is 14.0. The molecule has 0 aliphatic heterocycles. The molecule has 0 aliphatic carbocycles. The molecule has 2 N–H and O–H groups in total. The van der Waals surface area contributed by atoms with Gasteiger partial charge in [0.1, 0.15) is 23.4 Å². The third-order valence-corrected chi connectivity index (χ3v) is 4.32. The van der Waals surface area contributed by atoms with Gasteiger partial charge in [-0.05, 0) is 36.8 Å². The average molecular weight is 415 g/mol. The minimum Gasteiger partial charge on any atom is -0.506 e. The maximum Gasteiger partial charge on any atom is 0.311 e. The zero-order chi connectivity index (χ0) is 22.6. The number of aliphatic hydroxyl groups is 1. The number of likely N-dealkylation sites (N-methyl/N-ethyl adjacent to an activating group) is 1. The third kappa shape index (κ3) is 4.47. The van der Waals surface area contributed by atoms with E-state index in [-0.39, 0.29) is 23.2 Å². The summed E-state index contributed by atoms with van der Waals surface area (Å²) in [7, 11) is 2.70. The Balaban J connectivity index is 2.43. The van der Waals surface area contributed by atoms with Gasteiger partial charge in [-0.2, -0.15) is 5.26 Å². The van der Waals surface area contributed by atoms with E-state index in [9.17, 15) is 34.8 Å². The second-order valence-corrected chi connectivity index (χ2v) is 6.37. The summed E-state index contributed by atoms with van der Waals surface area (Å²) in [6, 6.07) is 7.59. The van der Waals surface area contributed by atoms with Gasteiger partial charge in [0.05, 0.1) is 12.0 Å². The van der Waals surface area contributed by atoms with E-state index in [1.807, 2.05) is 0 Å². The van der Waals surface area contributed by atoms with Crippen LogP contribution in [-0.2, 0) is 11.3 Å². The molecule has 10 heteroatoms. The van der Waals surface area contributed by atoms with E-state index in [0.29, 0.717) is 5.75 Å². The number of carbonyl (C=O) groups excluding carboxylic acids is 1. The first-order valence-corrected chi connectivity index (χ1v) is 8.50. The van der Waals surface area contributed by atoms with E-state index in [2.05, 4.69) is 0 Å². The van der Waals surface area contributed by atoms with Gasteiger partial charge in [0, 0.05) is 30.8 Å². The summed E-state index contributed by atoms with van der Waals surface area (Å²) in [6.07, 6.45) is 0. The highest BCUT2D eigenvalue weighted by atomic mass is 19.1. The molecule has 2 rings (SSSR count). The minimum atomic E-state index is -0.925. The number of ether oxygens (including phenoxy) is 1. The van der Waals surface area contributed by atoms with Gasteiger partial charge in [0.15, 0.2) is 11.3 Å². The summed E-state index contributed by atoms with van der Waals surface area (Å²) in [5, 5.41) is 40.7. The molecule has 0 spiro atoms. The number of benzene rings is 2. The molecule has 0 radical (unpaired) electrons. The molecule has 0 heterocycles. The molecule has 0 saturated carbocycles. The van der Waals surface area contributed by atoms with Crippen LogP contribution in [0.25, 0.3) is 5.76 Å². The minimum absolute atomic E-state index is 0.0716. The number of amides is 1. The van der Waals surface area contributed by atoms with E-state index in [0.717, 1.165) is 11.0 Å². The molecule has 0 bridgehead atoms. The fourth-order valence-corrected chi connectivity index (χ4v) is 2.70. The third-order valence-electron chi connectivity index (χ3n) is 4.32. The van der Waals surface area contributed by atoms with Gasteiger partial charge in [-0.25, -0.2) is 4.39 Å². The van der Waals surface area contributed by atoms with Crippen molar-refractivity contribution in [3.63, 3.8) is 0 Å². The zero-order valence-corrected chi connectivity index (χ0v) is 16.3. The number of nitriles is 1. The van der Waals surface area contributed by atoms with E-state index in [1.54, 1.807) is 6.07 Å². The first-order chi connectivity index (χ1) is 14.1. The van der Waals surface area contributed by atoms with Crippen molar-refractivity contribution in [1.29, 1.82) is 5.26 Å². The fourth-order valence-electron chi connectivity index (χ4n) is 2.70. The second-order valence-electron chi connectivity index (χ2n) is 6.37. The zero-order valence-electron chi connectivity index (χ0n) is 16.3. The molecule has 0 unspecified atom stereocenters. The number of nitro benzene ring substituents is 1. The van der Waals surface area contributed by atoms with Crippen LogP contribution in [0.2, 0.25) is 0 Å². The number of aliphatic hydroxyl groups excluding tert-OH is 1. The Morgan fingerprint density at radius 2 is 2.03 bits per heavy atom. The van der Waals surface area contributed by atoms with Crippen LogP contribution in [0, 0.1) is 34.2 Å². The number of rotatable bonds is 6. The van der Waals surface area contributed by atoms with Gasteiger partial charge < -0.3 is 19.8 Å². The molecule has 2 aromatic carbocycles. The Morgan fingerprint density at radius 1 is 1.37 bits per heavy atom. The highest BCUT2D eigenvalue weighted by Crippen LogP contribution is 2.33. The van der Waals surface area contributed by atoms with Gasteiger partial charge in [-0.3, -0.25) is 14.9 Å². The van der Waals surface area contributed by atoms with Crippen LogP contribution in [0.5, 0.6) is 11.5 Å². The topological polar surface area (TPSA) is 137 Å². The van der Waals surface area contributed by atoms with Crippen LogP contribution >= 0.6 is 0 Å². The number of aromatic hydroxyl groups is 1. The molecule has 9 nitrogen and oxygen atoms in total. The van der Waals surface area contributed by atoms with Gasteiger partial charge in [-0.1, -0.05) is 0 Å². The van der Waals surface area contributed by atoms with Gasteiger partial charge >= 0.3 is 5.69 Å². The van der Waals surface area contributed by atoms with Crippen LogP contribution in [0.1, 0.15) is 16.7 Å². The fraction of sp³-hybridized carbons (Fsp3) is 0.200. The number of nitrogens with zero attached hydrogens (tertiary/aromatic N) is 3. The first-order valence-electron chi connectivity index (χ1n) is 8.50. The molecular weight excluding hydrogens is 397 g/mol. The standard InChI is InChI=1S/C20H18FN3O6/c1-11-6-12(8-17(18(11)25)24(28)29)19(26)15(9-22)20(27)23(2)10-13-7-14(30-3)4-5-16(13)21/h4-8,25-26H,10H2,1-3H3/b19-15-.